The molecule has 0 radical (unpaired) electrons. The third-order valence-corrected chi connectivity index (χ3v) is 2.49. The van der Waals surface area contributed by atoms with E-state index in [4.69, 9.17) is 5.26 Å². The Bertz CT molecular complexity index is 538. The average Bonchev–Trinajstić information content (AvgIpc) is 2.38. The number of pyridine rings is 1. The molecule has 1 aromatic carbocycles. The Kier molecular flexibility index (Phi) is 3.37. The smallest absolute Gasteiger partial charge is 0.142 e. The third kappa shape index (κ3) is 3.05. The molecule has 0 fully saturated rings. The molecule has 17 heavy (non-hydrogen) atoms. The lowest BCUT2D eigenvalue weighted by molar-refractivity contribution is 1.13. The van der Waals surface area contributed by atoms with E-state index in [0.717, 1.165) is 12.2 Å². The van der Waals surface area contributed by atoms with Crippen LogP contribution >= 0.6 is 0 Å². The van der Waals surface area contributed by atoms with Gasteiger partial charge < -0.3 is 5.32 Å². The van der Waals surface area contributed by atoms with Gasteiger partial charge in [-0.15, -0.1) is 0 Å². The maximum Gasteiger partial charge on any atom is 0.142 e. The molecular formula is C14H13N3. The summed E-state index contributed by atoms with van der Waals surface area (Å²) in [5.41, 5.74) is 3.81. The van der Waals surface area contributed by atoms with Crippen molar-refractivity contribution in [2.45, 2.75) is 13.5 Å². The molecule has 0 saturated carbocycles. The summed E-state index contributed by atoms with van der Waals surface area (Å²) in [7, 11) is 0. The number of rotatable bonds is 3. The van der Waals surface area contributed by atoms with E-state index in [9.17, 15) is 0 Å². The van der Waals surface area contributed by atoms with Gasteiger partial charge in [0, 0.05) is 18.4 Å². The first-order chi connectivity index (χ1) is 8.28. The minimum absolute atomic E-state index is 0.430. The zero-order chi connectivity index (χ0) is 12.1. The van der Waals surface area contributed by atoms with Gasteiger partial charge in [0.1, 0.15) is 11.8 Å². The lowest BCUT2D eigenvalue weighted by atomic mass is 10.1. The first kappa shape index (κ1) is 11.2. The van der Waals surface area contributed by atoms with Crippen molar-refractivity contribution in [2.24, 2.45) is 0 Å². The Morgan fingerprint density at radius 2 is 2.00 bits per heavy atom. The van der Waals surface area contributed by atoms with Crippen molar-refractivity contribution in [3.05, 3.63) is 59.4 Å². The fourth-order valence-corrected chi connectivity index (χ4v) is 1.51. The summed E-state index contributed by atoms with van der Waals surface area (Å²) in [4.78, 5) is 3.92. The Labute approximate surface area is 101 Å². The Balaban J connectivity index is 2.02. The molecule has 3 nitrogen and oxygen atoms in total. The van der Waals surface area contributed by atoms with E-state index in [0.29, 0.717) is 5.69 Å². The van der Waals surface area contributed by atoms with Crippen molar-refractivity contribution in [2.75, 3.05) is 5.32 Å². The number of anilines is 1. The number of nitrogens with zero attached hydrogens (tertiary/aromatic N) is 2. The summed E-state index contributed by atoms with van der Waals surface area (Å²) < 4.78 is 0. The molecule has 84 valence electrons. The Hall–Kier alpha value is -2.34. The molecule has 0 unspecified atom stereocenters. The van der Waals surface area contributed by atoms with Gasteiger partial charge in [-0.25, -0.2) is 4.98 Å². The van der Waals surface area contributed by atoms with Gasteiger partial charge in [-0.05, 0) is 24.6 Å². The van der Waals surface area contributed by atoms with Gasteiger partial charge in [0.25, 0.3) is 0 Å². The van der Waals surface area contributed by atoms with E-state index in [1.807, 2.05) is 12.1 Å². The van der Waals surface area contributed by atoms with Crippen LogP contribution in [0.5, 0.6) is 0 Å². The highest BCUT2D eigenvalue weighted by Crippen LogP contribution is 2.10. The van der Waals surface area contributed by atoms with Crippen LogP contribution in [-0.4, -0.2) is 4.98 Å². The minimum Gasteiger partial charge on any atom is -0.381 e. The van der Waals surface area contributed by atoms with Gasteiger partial charge in [0.05, 0.1) is 0 Å². The SMILES string of the molecule is Cc1ccc(CNc2ccnc(C#N)c2)cc1. The van der Waals surface area contributed by atoms with Crippen molar-refractivity contribution < 1.29 is 0 Å². The highest BCUT2D eigenvalue weighted by atomic mass is 14.9. The van der Waals surface area contributed by atoms with E-state index in [1.54, 1.807) is 12.3 Å². The Morgan fingerprint density at radius 1 is 1.24 bits per heavy atom. The molecule has 0 aliphatic heterocycles. The van der Waals surface area contributed by atoms with E-state index in [1.165, 1.54) is 11.1 Å². The molecule has 1 aromatic heterocycles. The largest absolute Gasteiger partial charge is 0.381 e. The van der Waals surface area contributed by atoms with Gasteiger partial charge in [-0.3, -0.25) is 0 Å². The molecule has 1 N–H and O–H groups in total. The lowest BCUT2D eigenvalue weighted by Crippen LogP contribution is -1.99. The normalized spacial score (nSPS) is 9.65. The molecule has 0 aliphatic rings. The summed E-state index contributed by atoms with van der Waals surface area (Å²) in [6, 6.07) is 14.0. The molecule has 0 aliphatic carbocycles. The van der Waals surface area contributed by atoms with Gasteiger partial charge in [-0.2, -0.15) is 5.26 Å². The highest BCUT2D eigenvalue weighted by molar-refractivity contribution is 5.46. The molecule has 2 aromatic rings. The van der Waals surface area contributed by atoms with Gasteiger partial charge in [0.2, 0.25) is 0 Å². The molecule has 1 heterocycles. The highest BCUT2D eigenvalue weighted by Gasteiger charge is 1.96. The first-order valence-electron chi connectivity index (χ1n) is 5.43. The average molecular weight is 223 g/mol. The van der Waals surface area contributed by atoms with Gasteiger partial charge >= 0.3 is 0 Å². The van der Waals surface area contributed by atoms with Crippen molar-refractivity contribution in [3.8, 4) is 6.07 Å². The zero-order valence-electron chi connectivity index (χ0n) is 9.64. The summed E-state index contributed by atoms with van der Waals surface area (Å²) in [5.74, 6) is 0. The van der Waals surface area contributed by atoms with Gasteiger partial charge in [-0.1, -0.05) is 29.8 Å². The van der Waals surface area contributed by atoms with E-state index >= 15 is 0 Å². The van der Waals surface area contributed by atoms with Crippen molar-refractivity contribution in [1.82, 2.24) is 4.98 Å². The number of hydrogen-bond donors (Lipinski definition) is 1. The van der Waals surface area contributed by atoms with Crippen molar-refractivity contribution >= 4 is 5.69 Å². The predicted molar refractivity (Wildman–Crippen MR) is 67.5 cm³/mol. The summed E-state index contributed by atoms with van der Waals surface area (Å²) >= 11 is 0. The van der Waals surface area contributed by atoms with Crippen LogP contribution in [-0.2, 0) is 6.54 Å². The van der Waals surface area contributed by atoms with E-state index in [2.05, 4.69) is 41.5 Å². The second-order valence-electron chi connectivity index (χ2n) is 3.88. The number of aryl methyl sites for hydroxylation is 1. The fourth-order valence-electron chi connectivity index (χ4n) is 1.51. The molecule has 0 atom stereocenters. The molecule has 3 heteroatoms. The molecule has 0 amide bonds. The van der Waals surface area contributed by atoms with Crippen LogP contribution in [0, 0.1) is 18.3 Å². The summed E-state index contributed by atoms with van der Waals surface area (Å²) in [6.07, 6.45) is 1.63. The molecule has 0 spiro atoms. The van der Waals surface area contributed by atoms with Crippen LogP contribution in [0.15, 0.2) is 42.6 Å². The second-order valence-corrected chi connectivity index (χ2v) is 3.88. The second kappa shape index (κ2) is 5.13. The maximum absolute atomic E-state index is 8.74. The standard InChI is InChI=1S/C14H13N3/c1-11-2-4-12(5-3-11)10-17-13-6-7-16-14(8-13)9-15/h2-8H,10H2,1H3,(H,16,17). The number of hydrogen-bond acceptors (Lipinski definition) is 3. The number of nitriles is 1. The molecule has 0 saturated heterocycles. The van der Waals surface area contributed by atoms with Crippen LogP contribution in [0.2, 0.25) is 0 Å². The van der Waals surface area contributed by atoms with Gasteiger partial charge in [0.15, 0.2) is 0 Å². The number of aromatic nitrogens is 1. The summed E-state index contributed by atoms with van der Waals surface area (Å²) in [6.45, 7) is 2.81. The molecular weight excluding hydrogens is 210 g/mol. The molecule has 0 bridgehead atoms. The first-order valence-corrected chi connectivity index (χ1v) is 5.43. The van der Waals surface area contributed by atoms with Crippen LogP contribution in [0.3, 0.4) is 0 Å². The lowest BCUT2D eigenvalue weighted by Gasteiger charge is -2.06. The third-order valence-electron chi connectivity index (χ3n) is 2.49. The fraction of sp³-hybridized carbons (Fsp3) is 0.143. The molecule has 2 rings (SSSR count). The van der Waals surface area contributed by atoms with Crippen LogP contribution < -0.4 is 5.32 Å². The zero-order valence-corrected chi connectivity index (χ0v) is 9.64. The monoisotopic (exact) mass is 223 g/mol. The van der Waals surface area contributed by atoms with E-state index in [-0.39, 0.29) is 0 Å². The van der Waals surface area contributed by atoms with Crippen molar-refractivity contribution in [3.63, 3.8) is 0 Å². The quantitative estimate of drug-likeness (QED) is 0.870. The number of benzene rings is 1. The van der Waals surface area contributed by atoms with Crippen LogP contribution in [0.4, 0.5) is 5.69 Å². The summed E-state index contributed by atoms with van der Waals surface area (Å²) in [5, 5.41) is 12.0. The van der Waals surface area contributed by atoms with Crippen molar-refractivity contribution in [1.29, 1.82) is 5.26 Å². The van der Waals surface area contributed by atoms with Crippen LogP contribution in [0.25, 0.3) is 0 Å². The van der Waals surface area contributed by atoms with E-state index < -0.39 is 0 Å². The number of nitrogens with one attached hydrogen (secondary N) is 1. The minimum atomic E-state index is 0.430. The predicted octanol–water partition coefficient (Wildman–Crippen LogP) is 2.87. The Morgan fingerprint density at radius 3 is 2.71 bits per heavy atom. The topological polar surface area (TPSA) is 48.7 Å². The maximum atomic E-state index is 8.74. The van der Waals surface area contributed by atoms with Crippen LogP contribution in [0.1, 0.15) is 16.8 Å².